The lowest BCUT2D eigenvalue weighted by atomic mass is 10.1. The molecule has 2 heterocycles. The molecule has 2 aromatic heterocycles. The van der Waals surface area contributed by atoms with Gasteiger partial charge in [-0.2, -0.15) is 10.1 Å². The summed E-state index contributed by atoms with van der Waals surface area (Å²) in [6, 6.07) is 15.0. The fraction of sp³-hybridized carbons (Fsp3) is 0.190. The molecule has 2 aromatic carbocycles. The van der Waals surface area contributed by atoms with Crippen LogP contribution < -0.4 is 9.46 Å². The highest BCUT2D eigenvalue weighted by molar-refractivity contribution is 7.92. The highest BCUT2D eigenvalue weighted by atomic mass is 32.2. The number of carbonyl (C=O) groups is 1. The number of hydrogen-bond acceptors (Lipinski definition) is 7. The number of ether oxygens (including phenoxy) is 1. The number of aromatic nitrogens is 3. The van der Waals surface area contributed by atoms with Gasteiger partial charge in [0.2, 0.25) is 21.0 Å². The topological polar surface area (TPSA) is 103 Å². The quantitative estimate of drug-likeness (QED) is 0.401. The predicted molar refractivity (Wildman–Crippen MR) is 121 cm³/mol. The summed E-state index contributed by atoms with van der Waals surface area (Å²) < 4.78 is 33.9. The Labute approximate surface area is 183 Å². The maximum atomic E-state index is 12.4. The maximum Gasteiger partial charge on any atom is 0.299 e. The lowest BCUT2D eigenvalue weighted by Gasteiger charge is -2.10. The second-order valence-corrected chi connectivity index (χ2v) is 9.92. The molecular formula is C21H20N4O4S2. The Morgan fingerprint density at radius 1 is 1.19 bits per heavy atom. The summed E-state index contributed by atoms with van der Waals surface area (Å²) in [6.07, 6.45) is 0. The number of benzene rings is 2. The first-order valence-electron chi connectivity index (χ1n) is 9.51. The third-order valence-corrected chi connectivity index (χ3v) is 6.82. The molecule has 1 N–H and O–H groups in total. The molecular weight excluding hydrogens is 436 g/mol. The summed E-state index contributed by atoms with van der Waals surface area (Å²) in [5.41, 5.74) is 2.77. The van der Waals surface area contributed by atoms with E-state index in [1.807, 2.05) is 50.2 Å². The fourth-order valence-corrected chi connectivity index (χ4v) is 5.39. The third-order valence-electron chi connectivity index (χ3n) is 4.38. The number of thiazole rings is 1. The predicted octanol–water partition coefficient (Wildman–Crippen LogP) is 4.08. The Bertz CT molecular complexity index is 1330. The summed E-state index contributed by atoms with van der Waals surface area (Å²) in [7, 11) is -3.48. The molecule has 0 saturated heterocycles. The molecule has 4 aromatic rings. The van der Waals surface area contributed by atoms with Gasteiger partial charge in [0.05, 0.1) is 22.3 Å². The van der Waals surface area contributed by atoms with Gasteiger partial charge in [0.15, 0.2) is 0 Å². The molecule has 0 saturated carbocycles. The molecule has 0 aliphatic carbocycles. The Kier molecular flexibility index (Phi) is 5.75. The molecule has 0 radical (unpaired) electrons. The highest BCUT2D eigenvalue weighted by Crippen LogP contribution is 2.33. The van der Waals surface area contributed by atoms with E-state index in [2.05, 4.69) is 9.71 Å². The molecule has 0 aliphatic heterocycles. The number of nitrogens with zero attached hydrogens (tertiary/aromatic N) is 3. The van der Waals surface area contributed by atoms with Gasteiger partial charge in [-0.25, -0.2) is 13.1 Å². The monoisotopic (exact) mass is 456 g/mol. The van der Waals surface area contributed by atoms with Crippen LogP contribution in [0.5, 0.6) is 5.88 Å². The van der Waals surface area contributed by atoms with Gasteiger partial charge in [0.25, 0.3) is 6.47 Å². The normalized spacial score (nSPS) is 11.7. The minimum atomic E-state index is -3.48. The average molecular weight is 457 g/mol. The third kappa shape index (κ3) is 4.59. The molecule has 0 atom stereocenters. The molecule has 8 nitrogen and oxygen atoms in total. The summed E-state index contributed by atoms with van der Waals surface area (Å²) in [4.78, 5) is 14.9. The van der Waals surface area contributed by atoms with Crippen molar-refractivity contribution in [1.82, 2.24) is 14.8 Å². The molecule has 0 unspecified atom stereocenters. The van der Waals surface area contributed by atoms with Crippen molar-refractivity contribution in [3.05, 3.63) is 53.9 Å². The first-order chi connectivity index (χ1) is 14.9. The fourth-order valence-electron chi connectivity index (χ4n) is 3.24. The van der Waals surface area contributed by atoms with Gasteiger partial charge >= 0.3 is 0 Å². The van der Waals surface area contributed by atoms with E-state index < -0.39 is 10.0 Å². The molecule has 0 bridgehead atoms. The summed E-state index contributed by atoms with van der Waals surface area (Å²) in [5.74, 6) is 0.204. The standard InChI is InChI=1S/C21H20N4O4S2/c1-14(2)12-31(27,28)24-16-8-9-17-18(10-16)25(21-22-19(11-30-21)29-13-26)23-20(17)15-6-4-3-5-7-15/h3-11,13-14,24H,12H2,1-2H3. The second-order valence-electron chi connectivity index (χ2n) is 7.32. The second kappa shape index (κ2) is 8.48. The van der Waals surface area contributed by atoms with Crippen molar-refractivity contribution < 1.29 is 17.9 Å². The van der Waals surface area contributed by atoms with Gasteiger partial charge in [-0.05, 0) is 24.1 Å². The summed E-state index contributed by atoms with van der Waals surface area (Å²) in [5, 5.41) is 7.67. The Morgan fingerprint density at radius 2 is 1.97 bits per heavy atom. The van der Waals surface area contributed by atoms with Gasteiger partial charge in [0, 0.05) is 10.9 Å². The van der Waals surface area contributed by atoms with Crippen LogP contribution in [0.3, 0.4) is 0 Å². The first-order valence-corrected chi connectivity index (χ1v) is 12.0. The number of carbonyl (C=O) groups excluding carboxylic acids is 1. The van der Waals surface area contributed by atoms with Crippen molar-refractivity contribution in [2.24, 2.45) is 5.92 Å². The number of rotatable bonds is 8. The zero-order valence-corrected chi connectivity index (χ0v) is 18.5. The van der Waals surface area contributed by atoms with Crippen molar-refractivity contribution in [2.75, 3.05) is 10.5 Å². The molecule has 160 valence electrons. The van der Waals surface area contributed by atoms with Gasteiger partial charge in [-0.1, -0.05) is 55.5 Å². The molecule has 0 amide bonds. The van der Waals surface area contributed by atoms with E-state index in [4.69, 9.17) is 9.84 Å². The van der Waals surface area contributed by atoms with Crippen molar-refractivity contribution in [1.29, 1.82) is 0 Å². The van der Waals surface area contributed by atoms with Crippen LogP contribution in [0.1, 0.15) is 13.8 Å². The number of anilines is 1. The van der Waals surface area contributed by atoms with Gasteiger partial charge in [0.1, 0.15) is 5.69 Å². The number of fused-ring (bicyclic) bond motifs is 1. The van der Waals surface area contributed by atoms with Gasteiger partial charge in [-0.15, -0.1) is 0 Å². The van der Waals surface area contributed by atoms with Crippen LogP contribution in [-0.2, 0) is 14.8 Å². The van der Waals surface area contributed by atoms with E-state index in [9.17, 15) is 13.2 Å². The molecule has 0 aliphatic rings. The Morgan fingerprint density at radius 3 is 2.68 bits per heavy atom. The largest absolute Gasteiger partial charge is 0.409 e. The van der Waals surface area contributed by atoms with Crippen LogP contribution in [0.2, 0.25) is 0 Å². The molecule has 31 heavy (non-hydrogen) atoms. The average Bonchev–Trinajstić information content (AvgIpc) is 3.32. The van der Waals surface area contributed by atoms with Crippen LogP contribution in [-0.4, -0.2) is 35.4 Å². The lowest BCUT2D eigenvalue weighted by Crippen LogP contribution is -2.20. The van der Waals surface area contributed by atoms with E-state index in [0.717, 1.165) is 16.6 Å². The smallest absolute Gasteiger partial charge is 0.299 e. The van der Waals surface area contributed by atoms with E-state index in [-0.39, 0.29) is 17.6 Å². The molecule has 0 spiro atoms. The molecule has 4 rings (SSSR count). The first kappa shape index (κ1) is 21.0. The van der Waals surface area contributed by atoms with Crippen LogP contribution >= 0.6 is 11.3 Å². The highest BCUT2D eigenvalue weighted by Gasteiger charge is 2.18. The van der Waals surface area contributed by atoms with Gasteiger partial charge < -0.3 is 4.74 Å². The minimum Gasteiger partial charge on any atom is -0.409 e. The van der Waals surface area contributed by atoms with Crippen molar-refractivity contribution in [2.45, 2.75) is 13.8 Å². The van der Waals surface area contributed by atoms with Gasteiger partial charge in [-0.3, -0.25) is 9.52 Å². The van der Waals surface area contributed by atoms with Crippen molar-refractivity contribution >= 4 is 44.4 Å². The lowest BCUT2D eigenvalue weighted by molar-refractivity contribution is -0.120. The minimum absolute atomic E-state index is 0.00278. The number of sulfonamides is 1. The van der Waals surface area contributed by atoms with E-state index in [1.54, 1.807) is 22.2 Å². The van der Waals surface area contributed by atoms with Crippen molar-refractivity contribution in [3.8, 4) is 22.3 Å². The SMILES string of the molecule is CC(C)CS(=O)(=O)Nc1ccc2c(-c3ccccc3)nn(-c3nc(OC=O)cs3)c2c1. The van der Waals surface area contributed by atoms with E-state index in [0.29, 0.717) is 22.8 Å². The van der Waals surface area contributed by atoms with Crippen LogP contribution in [0, 0.1) is 5.92 Å². The van der Waals surface area contributed by atoms with Crippen LogP contribution in [0.25, 0.3) is 27.3 Å². The molecule has 10 heteroatoms. The van der Waals surface area contributed by atoms with Crippen molar-refractivity contribution in [3.63, 3.8) is 0 Å². The number of hydrogen-bond donors (Lipinski definition) is 1. The zero-order chi connectivity index (χ0) is 22.0. The summed E-state index contributed by atoms with van der Waals surface area (Å²) in [6.45, 7) is 4.02. The van der Waals surface area contributed by atoms with Crippen LogP contribution in [0.15, 0.2) is 53.9 Å². The van der Waals surface area contributed by atoms with Crippen LogP contribution in [0.4, 0.5) is 5.69 Å². The molecule has 0 fully saturated rings. The maximum absolute atomic E-state index is 12.4. The number of nitrogens with one attached hydrogen (secondary N) is 1. The summed E-state index contributed by atoms with van der Waals surface area (Å²) >= 11 is 1.26. The van der Waals surface area contributed by atoms with E-state index in [1.165, 1.54) is 11.3 Å². The Balaban J connectivity index is 1.85. The Hall–Kier alpha value is -3.24. The van der Waals surface area contributed by atoms with E-state index >= 15 is 0 Å². The zero-order valence-electron chi connectivity index (χ0n) is 16.8.